The molecule has 1 N–H and O–H groups in total. The molecule has 1 saturated carbocycles. The number of nitrogens with zero attached hydrogens (tertiary/aromatic N) is 5. The number of carbonyl (C=O) groups excluding carboxylic acids is 1. The van der Waals surface area contributed by atoms with E-state index in [1.54, 1.807) is 16.7 Å². The van der Waals surface area contributed by atoms with Crippen LogP contribution < -0.4 is 9.64 Å². The number of aromatic nitrogens is 2. The minimum atomic E-state index is -0.161. The van der Waals surface area contributed by atoms with Crippen molar-refractivity contribution in [3.8, 4) is 11.4 Å². The number of likely N-dealkylation sites (N-methyl/N-ethyl adjacent to an activating group) is 1. The van der Waals surface area contributed by atoms with Gasteiger partial charge in [0.15, 0.2) is 0 Å². The van der Waals surface area contributed by atoms with Crippen LogP contribution in [0.1, 0.15) is 34.5 Å². The summed E-state index contributed by atoms with van der Waals surface area (Å²) in [5.41, 5.74) is 3.86. The molecule has 0 atom stereocenters. The number of ether oxygens (including phenoxy) is 1. The summed E-state index contributed by atoms with van der Waals surface area (Å²) in [6.07, 6.45) is 2.70. The molecule has 8 heteroatoms. The summed E-state index contributed by atoms with van der Waals surface area (Å²) in [6, 6.07) is 15.5. The number of hydrogen-bond acceptors (Lipinski definition) is 5. The van der Waals surface area contributed by atoms with Crippen molar-refractivity contribution in [1.29, 1.82) is 0 Å². The maximum absolute atomic E-state index is 13.7. The lowest BCUT2D eigenvalue weighted by Gasteiger charge is -2.30. The lowest BCUT2D eigenvalue weighted by molar-refractivity contribution is 0.0973. The second kappa shape index (κ2) is 8.60. The van der Waals surface area contributed by atoms with Crippen LogP contribution in [0.4, 0.5) is 11.5 Å². The zero-order valence-electron chi connectivity index (χ0n) is 19.4. The van der Waals surface area contributed by atoms with Crippen LogP contribution in [0.25, 0.3) is 10.5 Å². The van der Waals surface area contributed by atoms with Gasteiger partial charge in [0.05, 0.1) is 19.4 Å². The topological polar surface area (TPSA) is 75.2 Å². The Morgan fingerprint density at radius 2 is 1.82 bits per heavy atom. The first kappa shape index (κ1) is 22.1. The van der Waals surface area contributed by atoms with Crippen molar-refractivity contribution in [3.05, 3.63) is 76.8 Å². The number of fused-ring (bicyclic) bond motifs is 1. The van der Waals surface area contributed by atoms with Gasteiger partial charge >= 0.3 is 0 Å². The summed E-state index contributed by atoms with van der Waals surface area (Å²) in [4.78, 5) is 21.2. The fraction of sp³-hybridized carbons (Fsp3) is 0.346. The van der Waals surface area contributed by atoms with Gasteiger partial charge in [0.2, 0.25) is 0 Å². The number of amides is 1. The minimum Gasteiger partial charge on any atom is -0.497 e. The molecule has 0 saturated heterocycles. The SMILES string of the molecule is [C-]#[N+]c1nn(-c2ccc(OC)cc2)c2c1CCN(c1ccc(C3(N(C)CCO)CC3)cc1)C2=O. The fourth-order valence-electron chi connectivity index (χ4n) is 4.91. The van der Waals surface area contributed by atoms with Crippen molar-refractivity contribution in [3.63, 3.8) is 0 Å². The highest BCUT2D eigenvalue weighted by molar-refractivity contribution is 6.08. The number of methoxy groups -OCH3 is 1. The summed E-state index contributed by atoms with van der Waals surface area (Å²) in [6.45, 7) is 8.81. The Morgan fingerprint density at radius 3 is 2.41 bits per heavy atom. The number of rotatable bonds is 7. The summed E-state index contributed by atoms with van der Waals surface area (Å²) >= 11 is 0. The molecule has 5 rings (SSSR count). The zero-order chi connectivity index (χ0) is 23.9. The van der Waals surface area contributed by atoms with E-state index in [2.05, 4.69) is 27.0 Å². The number of aliphatic hydroxyl groups is 1. The van der Waals surface area contributed by atoms with Gasteiger partial charge in [-0.15, -0.1) is 0 Å². The average Bonchev–Trinajstić information content (AvgIpc) is 3.60. The van der Waals surface area contributed by atoms with Gasteiger partial charge in [-0.1, -0.05) is 18.7 Å². The van der Waals surface area contributed by atoms with Crippen LogP contribution in [0.2, 0.25) is 0 Å². The van der Waals surface area contributed by atoms with Crippen LogP contribution in [0.5, 0.6) is 5.75 Å². The van der Waals surface area contributed by atoms with E-state index in [1.807, 2.05) is 43.4 Å². The molecule has 1 aliphatic heterocycles. The predicted octanol–water partition coefficient (Wildman–Crippen LogP) is 3.55. The normalized spacial score (nSPS) is 16.3. The number of carbonyl (C=O) groups is 1. The summed E-state index contributed by atoms with van der Waals surface area (Å²) in [5.74, 6) is 0.823. The highest BCUT2D eigenvalue weighted by Gasteiger charge is 2.47. The van der Waals surface area contributed by atoms with Gasteiger partial charge in [-0.3, -0.25) is 9.69 Å². The first-order valence-corrected chi connectivity index (χ1v) is 11.4. The first-order chi connectivity index (χ1) is 16.5. The van der Waals surface area contributed by atoms with E-state index in [1.165, 1.54) is 5.56 Å². The molecule has 8 nitrogen and oxygen atoms in total. The highest BCUT2D eigenvalue weighted by atomic mass is 16.5. The van der Waals surface area contributed by atoms with Crippen LogP contribution in [-0.4, -0.2) is 59.5 Å². The van der Waals surface area contributed by atoms with Crippen molar-refractivity contribution in [2.45, 2.75) is 24.8 Å². The molecule has 0 unspecified atom stereocenters. The van der Waals surface area contributed by atoms with E-state index in [4.69, 9.17) is 11.3 Å². The van der Waals surface area contributed by atoms with E-state index in [0.29, 0.717) is 42.2 Å². The number of hydrogen-bond donors (Lipinski definition) is 1. The Labute approximate surface area is 198 Å². The van der Waals surface area contributed by atoms with Gasteiger partial charge in [0, 0.05) is 29.9 Å². The third-order valence-corrected chi connectivity index (χ3v) is 7.02. The number of benzene rings is 2. The van der Waals surface area contributed by atoms with Crippen molar-refractivity contribution in [2.75, 3.05) is 38.8 Å². The predicted molar refractivity (Wildman–Crippen MR) is 129 cm³/mol. The smallest absolute Gasteiger partial charge is 0.300 e. The Balaban J connectivity index is 1.46. The number of anilines is 1. The third-order valence-electron chi connectivity index (χ3n) is 7.02. The van der Waals surface area contributed by atoms with Crippen molar-refractivity contribution >= 4 is 17.4 Å². The molecular weight excluding hydrogens is 430 g/mol. The first-order valence-electron chi connectivity index (χ1n) is 11.4. The van der Waals surface area contributed by atoms with Crippen molar-refractivity contribution < 1.29 is 14.6 Å². The maximum Gasteiger partial charge on any atom is 0.300 e. The molecular formula is C26H27N5O3. The molecule has 1 fully saturated rings. The second-order valence-electron chi connectivity index (χ2n) is 8.80. The van der Waals surface area contributed by atoms with Gasteiger partial charge in [0.25, 0.3) is 11.7 Å². The molecule has 0 bridgehead atoms. The molecule has 3 aromatic rings. The van der Waals surface area contributed by atoms with Crippen LogP contribution in [0, 0.1) is 6.57 Å². The van der Waals surface area contributed by atoms with Gasteiger partial charge < -0.3 is 19.6 Å². The quantitative estimate of drug-likeness (QED) is 0.550. The largest absolute Gasteiger partial charge is 0.497 e. The van der Waals surface area contributed by atoms with Crippen LogP contribution in [0.15, 0.2) is 48.5 Å². The van der Waals surface area contributed by atoms with Gasteiger partial charge in [-0.25, -0.2) is 0 Å². The van der Waals surface area contributed by atoms with Crippen LogP contribution in [0.3, 0.4) is 0 Å². The fourth-order valence-corrected chi connectivity index (χ4v) is 4.91. The number of aliphatic hydroxyl groups excluding tert-OH is 1. The average molecular weight is 458 g/mol. The Hall–Kier alpha value is -3.67. The molecule has 1 aromatic heterocycles. The van der Waals surface area contributed by atoms with Gasteiger partial charge in [0.1, 0.15) is 11.4 Å². The lowest BCUT2D eigenvalue weighted by Crippen LogP contribution is -2.39. The van der Waals surface area contributed by atoms with E-state index >= 15 is 0 Å². The zero-order valence-corrected chi connectivity index (χ0v) is 19.4. The lowest BCUT2D eigenvalue weighted by atomic mass is 10.0. The third kappa shape index (κ3) is 3.54. The van der Waals surface area contributed by atoms with Crippen LogP contribution in [-0.2, 0) is 12.0 Å². The van der Waals surface area contributed by atoms with E-state index < -0.39 is 0 Å². The van der Waals surface area contributed by atoms with Crippen molar-refractivity contribution in [1.82, 2.24) is 14.7 Å². The standard InChI is InChI=1S/C26H27N5O3/c1-27-24-22-12-15-30(19-6-4-18(5-7-19)26(13-14-26)29(2)16-17-32)25(33)23(22)31(28-24)20-8-10-21(34-3)11-9-20/h4-11,32H,12-17H2,2-3H3. The van der Waals surface area contributed by atoms with Gasteiger partial charge in [-0.05, 0) is 73.4 Å². The van der Waals surface area contributed by atoms with E-state index in [-0.39, 0.29) is 23.9 Å². The van der Waals surface area contributed by atoms with Gasteiger partial charge in [-0.2, -0.15) is 4.68 Å². The Bertz CT molecular complexity index is 1250. The van der Waals surface area contributed by atoms with E-state index in [9.17, 15) is 9.90 Å². The van der Waals surface area contributed by atoms with E-state index in [0.717, 1.165) is 18.5 Å². The molecule has 34 heavy (non-hydrogen) atoms. The molecule has 2 aromatic carbocycles. The molecule has 1 aliphatic carbocycles. The molecule has 0 radical (unpaired) electrons. The molecule has 2 heterocycles. The maximum atomic E-state index is 13.7. The minimum absolute atomic E-state index is 0.0160. The summed E-state index contributed by atoms with van der Waals surface area (Å²) < 4.78 is 6.81. The molecule has 2 aliphatic rings. The van der Waals surface area contributed by atoms with Crippen LogP contribution >= 0.6 is 0 Å². The molecule has 0 spiro atoms. The second-order valence-corrected chi connectivity index (χ2v) is 8.80. The Kier molecular flexibility index (Phi) is 5.60. The van der Waals surface area contributed by atoms with Crippen molar-refractivity contribution in [2.24, 2.45) is 0 Å². The molecule has 174 valence electrons. The summed E-state index contributed by atoms with van der Waals surface area (Å²) in [5, 5.41) is 13.8. The summed E-state index contributed by atoms with van der Waals surface area (Å²) in [7, 11) is 3.65. The monoisotopic (exact) mass is 457 g/mol. The Morgan fingerprint density at radius 1 is 1.15 bits per heavy atom. The molecule has 1 amide bonds. The highest BCUT2D eigenvalue weighted by Crippen LogP contribution is 2.50.